The van der Waals surface area contributed by atoms with Crippen molar-refractivity contribution in [3.05, 3.63) is 45.7 Å². The van der Waals surface area contributed by atoms with Crippen LogP contribution in [0.3, 0.4) is 0 Å². The molecule has 0 aromatic heterocycles. The summed E-state index contributed by atoms with van der Waals surface area (Å²) in [4.78, 5) is 23.4. The second kappa shape index (κ2) is 5.57. The van der Waals surface area contributed by atoms with Gasteiger partial charge in [0.15, 0.2) is 11.5 Å². The van der Waals surface area contributed by atoms with Crippen LogP contribution in [0.25, 0.3) is 0 Å². The molecule has 0 bridgehead atoms. The molecule has 0 saturated heterocycles. The first-order valence-electron chi connectivity index (χ1n) is 7.30. The van der Waals surface area contributed by atoms with Gasteiger partial charge in [-0.3, -0.25) is 14.9 Å². The Hall–Kier alpha value is -2.57. The van der Waals surface area contributed by atoms with Crippen molar-refractivity contribution in [2.45, 2.75) is 18.8 Å². The number of nitro groups is 1. The van der Waals surface area contributed by atoms with Crippen molar-refractivity contribution in [3.63, 3.8) is 0 Å². The zero-order valence-electron chi connectivity index (χ0n) is 12.9. The largest absolute Gasteiger partial charge is 0.493 e. The monoisotopic (exact) mass is 319 g/mol. The molecule has 2 aliphatic rings. The number of hydrogen-bond acceptors (Lipinski definition) is 6. The average Bonchev–Trinajstić information content (AvgIpc) is 2.97. The summed E-state index contributed by atoms with van der Waals surface area (Å²) >= 11 is 0. The maximum Gasteiger partial charge on any atom is 0.320 e. The van der Waals surface area contributed by atoms with Crippen molar-refractivity contribution in [2.24, 2.45) is 5.41 Å². The number of benzene rings is 1. The summed E-state index contributed by atoms with van der Waals surface area (Å²) in [5, 5.41) is 11.2. The molecule has 23 heavy (non-hydrogen) atoms. The lowest BCUT2D eigenvalue weighted by molar-refractivity contribution is -0.486. The van der Waals surface area contributed by atoms with Gasteiger partial charge in [0.1, 0.15) is 11.2 Å². The topological polar surface area (TPSA) is 87.9 Å². The molecule has 0 saturated carbocycles. The number of esters is 1. The van der Waals surface area contributed by atoms with Crippen LogP contribution in [0.4, 0.5) is 0 Å². The molecule has 1 aliphatic heterocycles. The zero-order valence-corrected chi connectivity index (χ0v) is 12.9. The van der Waals surface area contributed by atoms with Crippen LogP contribution in [0.2, 0.25) is 0 Å². The van der Waals surface area contributed by atoms with Crippen molar-refractivity contribution in [1.82, 2.24) is 0 Å². The van der Waals surface area contributed by atoms with Crippen LogP contribution in [0.5, 0.6) is 11.5 Å². The maximum atomic E-state index is 12.5. The van der Waals surface area contributed by atoms with Crippen LogP contribution in [0.15, 0.2) is 30.0 Å². The van der Waals surface area contributed by atoms with Gasteiger partial charge in [0.2, 0.25) is 6.54 Å². The van der Waals surface area contributed by atoms with Gasteiger partial charge in [0.25, 0.3) is 0 Å². The van der Waals surface area contributed by atoms with E-state index in [1.165, 1.54) is 14.2 Å². The molecule has 7 nitrogen and oxygen atoms in total. The molecule has 3 rings (SSSR count). The Morgan fingerprint density at radius 3 is 2.91 bits per heavy atom. The molecule has 7 heteroatoms. The van der Waals surface area contributed by atoms with E-state index in [2.05, 4.69) is 0 Å². The van der Waals surface area contributed by atoms with Gasteiger partial charge in [-0.1, -0.05) is 12.1 Å². The van der Waals surface area contributed by atoms with Crippen LogP contribution in [-0.2, 0) is 9.53 Å². The molecule has 1 aliphatic carbocycles. The fourth-order valence-corrected chi connectivity index (χ4v) is 3.60. The van der Waals surface area contributed by atoms with Gasteiger partial charge in [-0.05, 0) is 25.0 Å². The Bertz CT molecular complexity index is 698. The first kappa shape index (κ1) is 15.3. The van der Waals surface area contributed by atoms with Crippen molar-refractivity contribution in [2.75, 3.05) is 20.8 Å². The second-order valence-electron chi connectivity index (χ2n) is 5.62. The fourth-order valence-electron chi connectivity index (χ4n) is 3.60. The summed E-state index contributed by atoms with van der Waals surface area (Å²) in [6.07, 6.45) is 2.85. The lowest BCUT2D eigenvalue weighted by Gasteiger charge is -2.39. The highest BCUT2D eigenvalue weighted by molar-refractivity contribution is 5.83. The van der Waals surface area contributed by atoms with Crippen molar-refractivity contribution in [3.8, 4) is 11.5 Å². The maximum absolute atomic E-state index is 12.5. The minimum absolute atomic E-state index is 0.379. The summed E-state index contributed by atoms with van der Waals surface area (Å²) in [7, 11) is 2.80. The Morgan fingerprint density at radius 1 is 1.48 bits per heavy atom. The average molecular weight is 319 g/mol. The third-order valence-electron chi connectivity index (χ3n) is 4.60. The van der Waals surface area contributed by atoms with E-state index < -0.39 is 22.2 Å². The van der Waals surface area contributed by atoms with Gasteiger partial charge < -0.3 is 14.2 Å². The summed E-state index contributed by atoms with van der Waals surface area (Å²) < 4.78 is 16.2. The first-order chi connectivity index (χ1) is 11.0. The molecule has 0 N–H and O–H groups in total. The smallest absolute Gasteiger partial charge is 0.320 e. The number of para-hydroxylation sites is 1. The molecule has 0 spiro atoms. The minimum atomic E-state index is -1.14. The van der Waals surface area contributed by atoms with Crippen molar-refractivity contribution >= 4 is 5.97 Å². The Balaban J connectivity index is 2.22. The fraction of sp³-hybridized carbons (Fsp3) is 0.438. The quantitative estimate of drug-likeness (QED) is 0.480. The Morgan fingerprint density at radius 2 is 2.26 bits per heavy atom. The van der Waals surface area contributed by atoms with E-state index in [1.807, 2.05) is 0 Å². The molecular formula is C16H17NO6. The molecule has 1 aromatic rings. The van der Waals surface area contributed by atoms with E-state index in [0.717, 1.165) is 0 Å². The SMILES string of the molecule is COC(=O)[C@]12CCC=C1Oc1c(OC)cccc1[C@H]2C[N+](=O)[O-]. The minimum Gasteiger partial charge on any atom is -0.493 e. The highest BCUT2D eigenvalue weighted by Crippen LogP contribution is 2.58. The molecule has 122 valence electrons. The zero-order chi connectivity index (χ0) is 16.6. The standard InChI is InChI=1S/C16H17NO6/c1-21-12-6-3-5-10-11(9-17(19)20)16(15(18)22-2)8-4-7-13(16)23-14(10)12/h3,5-7,11H,4,8-9H2,1-2H3/t11-,16+/m1/s1. The normalized spacial score (nSPS) is 24.8. The second-order valence-corrected chi connectivity index (χ2v) is 5.62. The highest BCUT2D eigenvalue weighted by atomic mass is 16.6. The predicted octanol–water partition coefficient (Wildman–Crippen LogP) is 2.29. The van der Waals surface area contributed by atoms with Gasteiger partial charge in [-0.2, -0.15) is 0 Å². The van der Waals surface area contributed by atoms with E-state index in [4.69, 9.17) is 14.2 Å². The summed E-state index contributed by atoms with van der Waals surface area (Å²) in [6.45, 7) is -0.379. The number of carbonyl (C=O) groups is 1. The van der Waals surface area contributed by atoms with Gasteiger partial charge in [-0.15, -0.1) is 0 Å². The number of hydrogen-bond donors (Lipinski definition) is 0. The number of fused-ring (bicyclic) bond motifs is 2. The van der Waals surface area contributed by atoms with Gasteiger partial charge >= 0.3 is 5.97 Å². The number of allylic oxidation sites excluding steroid dienone is 1. The van der Waals surface area contributed by atoms with Crippen LogP contribution >= 0.6 is 0 Å². The molecule has 0 radical (unpaired) electrons. The Kier molecular flexibility index (Phi) is 3.71. The predicted molar refractivity (Wildman–Crippen MR) is 80.0 cm³/mol. The van der Waals surface area contributed by atoms with Crippen LogP contribution < -0.4 is 9.47 Å². The summed E-state index contributed by atoms with van der Waals surface area (Å²) in [5.74, 6) is 0.198. The summed E-state index contributed by atoms with van der Waals surface area (Å²) in [5.41, 5.74) is -0.535. The third-order valence-corrected chi connectivity index (χ3v) is 4.60. The lowest BCUT2D eigenvalue weighted by atomic mass is 9.68. The van der Waals surface area contributed by atoms with E-state index in [0.29, 0.717) is 35.7 Å². The molecule has 0 amide bonds. The molecule has 1 heterocycles. The number of ether oxygens (including phenoxy) is 3. The number of carbonyl (C=O) groups excluding carboxylic acids is 1. The van der Waals surface area contributed by atoms with Crippen molar-refractivity contribution < 1.29 is 23.9 Å². The Labute approximate surface area is 133 Å². The van der Waals surface area contributed by atoms with E-state index in [-0.39, 0.29) is 6.54 Å². The molecular weight excluding hydrogens is 302 g/mol. The number of methoxy groups -OCH3 is 2. The van der Waals surface area contributed by atoms with E-state index >= 15 is 0 Å². The van der Waals surface area contributed by atoms with Gasteiger partial charge in [0.05, 0.1) is 20.1 Å². The lowest BCUT2D eigenvalue weighted by Crippen LogP contribution is -2.45. The van der Waals surface area contributed by atoms with E-state index in [1.54, 1.807) is 24.3 Å². The highest BCUT2D eigenvalue weighted by Gasteiger charge is 2.59. The first-order valence-corrected chi connectivity index (χ1v) is 7.30. The number of nitrogens with zero attached hydrogens (tertiary/aromatic N) is 1. The van der Waals surface area contributed by atoms with Crippen LogP contribution in [-0.4, -0.2) is 31.7 Å². The molecule has 2 atom stereocenters. The molecule has 1 aromatic carbocycles. The number of rotatable bonds is 4. The molecule has 0 unspecified atom stereocenters. The van der Waals surface area contributed by atoms with Crippen LogP contribution in [0.1, 0.15) is 24.3 Å². The van der Waals surface area contributed by atoms with E-state index in [9.17, 15) is 14.9 Å². The van der Waals surface area contributed by atoms with Gasteiger partial charge in [-0.25, -0.2) is 0 Å². The van der Waals surface area contributed by atoms with Gasteiger partial charge in [0, 0.05) is 10.5 Å². The van der Waals surface area contributed by atoms with Crippen molar-refractivity contribution in [1.29, 1.82) is 0 Å². The molecule has 0 fully saturated rings. The third kappa shape index (κ3) is 2.15. The van der Waals surface area contributed by atoms with Crippen LogP contribution in [0, 0.1) is 15.5 Å². The summed E-state index contributed by atoms with van der Waals surface area (Å²) in [6, 6.07) is 5.21.